The molecule has 0 atom stereocenters. The van der Waals surface area contributed by atoms with Crippen LogP contribution in [0.25, 0.3) is 0 Å². The van der Waals surface area contributed by atoms with Crippen LogP contribution in [-0.4, -0.2) is 14.1 Å². The molecule has 5 heteroatoms. The molecule has 0 fully saturated rings. The van der Waals surface area contributed by atoms with Gasteiger partial charge in [0.2, 0.25) is 0 Å². The standard InChI is InChI=1S/C14H16Cl2N2S/c1-17-8-10-3-4-11(7-13(10)15)18(2)9-12-5-6-14(16)19-12/h3-7,17H,8-9H2,1-2H3. The Kier molecular flexibility index (Phi) is 5.11. The summed E-state index contributed by atoms with van der Waals surface area (Å²) in [4.78, 5) is 3.40. The molecule has 1 aromatic carbocycles. The van der Waals surface area contributed by atoms with Gasteiger partial charge in [0.25, 0.3) is 0 Å². The van der Waals surface area contributed by atoms with Gasteiger partial charge >= 0.3 is 0 Å². The van der Waals surface area contributed by atoms with Gasteiger partial charge in [-0.3, -0.25) is 0 Å². The second-order valence-electron chi connectivity index (χ2n) is 4.37. The maximum absolute atomic E-state index is 6.27. The maximum atomic E-state index is 6.27. The fourth-order valence-corrected chi connectivity index (χ4v) is 3.25. The van der Waals surface area contributed by atoms with E-state index in [9.17, 15) is 0 Å². The molecule has 0 bridgehead atoms. The summed E-state index contributed by atoms with van der Waals surface area (Å²) in [6.45, 7) is 1.61. The van der Waals surface area contributed by atoms with Gasteiger partial charge in [0.05, 0.1) is 10.9 Å². The quantitative estimate of drug-likeness (QED) is 0.879. The predicted molar refractivity (Wildman–Crippen MR) is 85.7 cm³/mol. The molecule has 2 nitrogen and oxygen atoms in total. The largest absolute Gasteiger partial charge is 0.369 e. The molecule has 0 unspecified atom stereocenters. The van der Waals surface area contributed by atoms with Crippen LogP contribution in [0.1, 0.15) is 10.4 Å². The summed E-state index contributed by atoms with van der Waals surface area (Å²) in [6, 6.07) is 10.1. The molecule has 0 saturated heterocycles. The minimum absolute atomic E-state index is 0.781. The number of hydrogen-bond donors (Lipinski definition) is 1. The minimum atomic E-state index is 0.781. The van der Waals surface area contributed by atoms with Crippen molar-refractivity contribution in [2.24, 2.45) is 0 Å². The van der Waals surface area contributed by atoms with Crippen LogP contribution in [0, 0.1) is 0 Å². The van der Waals surface area contributed by atoms with Crippen LogP contribution in [0.4, 0.5) is 5.69 Å². The zero-order valence-corrected chi connectivity index (χ0v) is 13.2. The Morgan fingerprint density at radius 2 is 2.00 bits per heavy atom. The zero-order chi connectivity index (χ0) is 13.8. The number of rotatable bonds is 5. The third-order valence-corrected chi connectivity index (χ3v) is 4.43. The fraction of sp³-hybridized carbons (Fsp3) is 0.286. The van der Waals surface area contributed by atoms with Gasteiger partial charge in [-0.1, -0.05) is 29.3 Å². The van der Waals surface area contributed by atoms with E-state index in [1.54, 1.807) is 11.3 Å². The molecule has 0 aliphatic heterocycles. The van der Waals surface area contributed by atoms with E-state index in [1.165, 1.54) is 4.88 Å². The smallest absolute Gasteiger partial charge is 0.0931 e. The second kappa shape index (κ2) is 6.62. The van der Waals surface area contributed by atoms with Gasteiger partial charge < -0.3 is 10.2 Å². The van der Waals surface area contributed by atoms with Crippen LogP contribution < -0.4 is 10.2 Å². The number of benzene rings is 1. The Bertz CT molecular complexity index is 554. The van der Waals surface area contributed by atoms with Crippen LogP contribution in [0.15, 0.2) is 30.3 Å². The lowest BCUT2D eigenvalue weighted by atomic mass is 10.2. The van der Waals surface area contributed by atoms with Crippen LogP contribution >= 0.6 is 34.5 Å². The fourth-order valence-electron chi connectivity index (χ4n) is 1.87. The first-order valence-corrected chi connectivity index (χ1v) is 7.56. The van der Waals surface area contributed by atoms with E-state index in [1.807, 2.05) is 19.2 Å². The molecule has 0 radical (unpaired) electrons. The number of thiophene rings is 1. The summed E-state index contributed by atoms with van der Waals surface area (Å²) in [5.74, 6) is 0. The summed E-state index contributed by atoms with van der Waals surface area (Å²) in [7, 11) is 3.97. The highest BCUT2D eigenvalue weighted by Gasteiger charge is 2.07. The molecule has 0 saturated carbocycles. The van der Waals surface area contributed by atoms with Crippen molar-refractivity contribution < 1.29 is 0 Å². The minimum Gasteiger partial charge on any atom is -0.369 e. The van der Waals surface area contributed by atoms with Crippen molar-refractivity contribution in [1.29, 1.82) is 0 Å². The summed E-state index contributed by atoms with van der Waals surface area (Å²) in [5.41, 5.74) is 2.22. The van der Waals surface area contributed by atoms with E-state index >= 15 is 0 Å². The first-order valence-electron chi connectivity index (χ1n) is 5.98. The Morgan fingerprint density at radius 3 is 2.58 bits per heavy atom. The molecule has 1 N–H and O–H groups in total. The van der Waals surface area contributed by atoms with Crippen LogP contribution in [-0.2, 0) is 13.1 Å². The van der Waals surface area contributed by atoms with Crippen LogP contribution in [0.2, 0.25) is 9.36 Å². The molecule has 0 aliphatic carbocycles. The van der Waals surface area contributed by atoms with E-state index in [0.717, 1.165) is 33.7 Å². The average molecular weight is 315 g/mol. The molecule has 2 aromatic rings. The zero-order valence-electron chi connectivity index (χ0n) is 10.9. The first-order chi connectivity index (χ1) is 9.10. The van der Waals surface area contributed by atoms with Gasteiger partial charge in [0, 0.05) is 29.2 Å². The summed E-state index contributed by atoms with van der Waals surface area (Å²) in [5, 5.41) is 3.90. The molecule has 1 aromatic heterocycles. The molecular weight excluding hydrogens is 299 g/mol. The SMILES string of the molecule is CNCc1ccc(N(C)Cc2ccc(Cl)s2)cc1Cl. The van der Waals surface area contributed by atoms with E-state index in [-0.39, 0.29) is 0 Å². The Hall–Kier alpha value is -0.740. The third kappa shape index (κ3) is 3.86. The topological polar surface area (TPSA) is 15.3 Å². The Balaban J connectivity index is 2.10. The van der Waals surface area contributed by atoms with Gasteiger partial charge in [-0.05, 0) is 36.9 Å². The number of anilines is 1. The molecule has 2 rings (SSSR count). The number of nitrogens with one attached hydrogen (secondary N) is 1. The van der Waals surface area contributed by atoms with Gasteiger partial charge in [0.1, 0.15) is 0 Å². The lowest BCUT2D eigenvalue weighted by molar-refractivity contribution is 0.817. The molecule has 102 valence electrons. The molecule has 0 aliphatic rings. The highest BCUT2D eigenvalue weighted by Crippen LogP contribution is 2.27. The normalized spacial score (nSPS) is 10.7. The van der Waals surface area contributed by atoms with Crippen molar-refractivity contribution in [3.8, 4) is 0 Å². The van der Waals surface area contributed by atoms with Crippen LogP contribution in [0.5, 0.6) is 0 Å². The Labute approximate surface area is 128 Å². The van der Waals surface area contributed by atoms with Crippen molar-refractivity contribution in [1.82, 2.24) is 5.32 Å². The predicted octanol–water partition coefficient (Wildman–Crippen LogP) is 4.41. The number of hydrogen-bond acceptors (Lipinski definition) is 3. The van der Waals surface area contributed by atoms with Crippen LogP contribution in [0.3, 0.4) is 0 Å². The first kappa shape index (κ1) is 14.7. The van der Waals surface area contributed by atoms with E-state index in [0.29, 0.717) is 0 Å². The summed E-state index contributed by atoms with van der Waals surface area (Å²) in [6.07, 6.45) is 0. The third-order valence-electron chi connectivity index (χ3n) is 2.87. The Morgan fingerprint density at radius 1 is 1.21 bits per heavy atom. The lowest BCUT2D eigenvalue weighted by Gasteiger charge is -2.19. The maximum Gasteiger partial charge on any atom is 0.0931 e. The van der Waals surface area contributed by atoms with Crippen molar-refractivity contribution in [2.75, 3.05) is 19.0 Å². The number of nitrogens with zero attached hydrogens (tertiary/aromatic N) is 1. The van der Waals surface area contributed by atoms with Gasteiger partial charge in [0.15, 0.2) is 0 Å². The van der Waals surface area contributed by atoms with Gasteiger partial charge in [-0.15, -0.1) is 11.3 Å². The summed E-state index contributed by atoms with van der Waals surface area (Å²) < 4.78 is 0.825. The molecule has 19 heavy (non-hydrogen) atoms. The highest BCUT2D eigenvalue weighted by atomic mass is 35.5. The monoisotopic (exact) mass is 314 g/mol. The molecule has 0 spiro atoms. The van der Waals surface area contributed by atoms with Gasteiger partial charge in [-0.2, -0.15) is 0 Å². The van der Waals surface area contributed by atoms with Crippen molar-refractivity contribution in [3.63, 3.8) is 0 Å². The van der Waals surface area contributed by atoms with E-state index in [4.69, 9.17) is 23.2 Å². The van der Waals surface area contributed by atoms with Gasteiger partial charge in [-0.25, -0.2) is 0 Å². The van der Waals surface area contributed by atoms with Crippen molar-refractivity contribution in [2.45, 2.75) is 13.1 Å². The van der Waals surface area contributed by atoms with Crippen molar-refractivity contribution in [3.05, 3.63) is 50.1 Å². The number of halogens is 2. The molecule has 1 heterocycles. The lowest BCUT2D eigenvalue weighted by Crippen LogP contribution is -2.15. The molecular formula is C14H16Cl2N2S. The van der Waals surface area contributed by atoms with E-state index in [2.05, 4.69) is 35.5 Å². The van der Waals surface area contributed by atoms with E-state index < -0.39 is 0 Å². The average Bonchev–Trinajstić information content (AvgIpc) is 2.77. The van der Waals surface area contributed by atoms with Crippen molar-refractivity contribution >= 4 is 40.2 Å². The molecule has 0 amide bonds. The highest BCUT2D eigenvalue weighted by molar-refractivity contribution is 7.16. The summed E-state index contributed by atoms with van der Waals surface area (Å²) >= 11 is 13.8. The second-order valence-corrected chi connectivity index (χ2v) is 6.57.